The van der Waals surface area contributed by atoms with E-state index >= 15 is 0 Å². The summed E-state index contributed by atoms with van der Waals surface area (Å²) in [5.41, 5.74) is 4.31. The molecule has 1 N–H and O–H groups in total. The molecule has 0 aliphatic carbocycles. The fourth-order valence-electron chi connectivity index (χ4n) is 2.89. The molecule has 1 unspecified atom stereocenters. The fraction of sp³-hybridized carbons (Fsp3) is 0.429. The number of halogens is 1. The van der Waals surface area contributed by atoms with Gasteiger partial charge >= 0.3 is 0 Å². The van der Waals surface area contributed by atoms with Gasteiger partial charge in [-0.2, -0.15) is 0 Å². The Labute approximate surface area is 153 Å². The monoisotopic (exact) mass is 360 g/mol. The van der Waals surface area contributed by atoms with E-state index in [1.54, 1.807) is 0 Å². The van der Waals surface area contributed by atoms with E-state index in [1.807, 2.05) is 62.4 Å². The maximum absolute atomic E-state index is 14.2. The van der Waals surface area contributed by atoms with Crippen LogP contribution >= 0.6 is 0 Å². The summed E-state index contributed by atoms with van der Waals surface area (Å²) in [4.78, 5) is 0. The van der Waals surface area contributed by atoms with Crippen molar-refractivity contribution in [2.45, 2.75) is 51.7 Å². The number of hydrogen-bond acceptors (Lipinski definition) is 4. The number of hydrogen-bond donors (Lipinski definition) is 1. The molecule has 0 aromatic heterocycles. The zero-order valence-corrected chi connectivity index (χ0v) is 15.1. The van der Waals surface area contributed by atoms with Gasteiger partial charge in [0.15, 0.2) is 12.5 Å². The lowest BCUT2D eigenvalue weighted by Gasteiger charge is -2.20. The first-order chi connectivity index (χ1) is 12.5. The van der Waals surface area contributed by atoms with Crippen LogP contribution in [0.15, 0.2) is 48.5 Å². The highest BCUT2D eigenvalue weighted by molar-refractivity contribution is 5.21. The van der Waals surface area contributed by atoms with Crippen LogP contribution in [0.3, 0.4) is 0 Å². The average Bonchev–Trinajstić information content (AvgIpc) is 2.90. The predicted octanol–water partition coefficient (Wildman–Crippen LogP) is 3.46. The minimum absolute atomic E-state index is 0.157. The molecule has 1 fully saturated rings. The average molecular weight is 360 g/mol. The Morgan fingerprint density at radius 2 is 1.46 bits per heavy atom. The lowest BCUT2D eigenvalue weighted by atomic mass is 10.1. The van der Waals surface area contributed by atoms with Gasteiger partial charge in [0.25, 0.3) is 0 Å². The van der Waals surface area contributed by atoms with Gasteiger partial charge in [0.05, 0.1) is 19.8 Å². The third kappa shape index (κ3) is 4.89. The summed E-state index contributed by atoms with van der Waals surface area (Å²) in [6, 6.07) is 15.8. The van der Waals surface area contributed by atoms with Crippen molar-refractivity contribution in [2.24, 2.45) is 0 Å². The van der Waals surface area contributed by atoms with Gasteiger partial charge in [-0.05, 0) is 25.0 Å². The maximum atomic E-state index is 14.2. The summed E-state index contributed by atoms with van der Waals surface area (Å²) in [5.74, 6) is 0. The smallest absolute Gasteiger partial charge is 0.189 e. The Bertz CT molecular complexity index is 686. The van der Waals surface area contributed by atoms with Crippen molar-refractivity contribution in [1.82, 2.24) is 0 Å². The Morgan fingerprint density at radius 3 is 2.04 bits per heavy atom. The first kappa shape index (κ1) is 19.0. The number of benzene rings is 2. The first-order valence-corrected chi connectivity index (χ1v) is 8.81. The van der Waals surface area contributed by atoms with E-state index in [0.717, 1.165) is 16.7 Å². The Balaban J connectivity index is 1.52. The van der Waals surface area contributed by atoms with E-state index < -0.39 is 24.7 Å². The summed E-state index contributed by atoms with van der Waals surface area (Å²) in [7, 11) is 0. The highest BCUT2D eigenvalue weighted by Crippen LogP contribution is 2.27. The third-order valence-corrected chi connectivity index (χ3v) is 4.50. The van der Waals surface area contributed by atoms with E-state index in [4.69, 9.17) is 14.2 Å². The van der Waals surface area contributed by atoms with E-state index in [0.29, 0.717) is 6.61 Å². The van der Waals surface area contributed by atoms with E-state index in [9.17, 15) is 9.50 Å². The van der Waals surface area contributed by atoms with Crippen LogP contribution in [0.4, 0.5) is 4.39 Å². The fourth-order valence-corrected chi connectivity index (χ4v) is 2.89. The summed E-state index contributed by atoms with van der Waals surface area (Å²) >= 11 is 0. The molecule has 2 aromatic rings. The second-order valence-corrected chi connectivity index (χ2v) is 6.77. The highest BCUT2D eigenvalue weighted by atomic mass is 19.1. The summed E-state index contributed by atoms with van der Waals surface area (Å²) < 4.78 is 30.9. The first-order valence-electron chi connectivity index (χ1n) is 8.81. The molecule has 1 heterocycles. The summed E-state index contributed by atoms with van der Waals surface area (Å²) in [6.07, 6.45) is -4.57. The quantitative estimate of drug-likeness (QED) is 0.821. The molecule has 26 heavy (non-hydrogen) atoms. The molecule has 0 amide bonds. The van der Waals surface area contributed by atoms with Crippen LogP contribution in [0, 0.1) is 13.8 Å². The van der Waals surface area contributed by atoms with Gasteiger partial charge in [-0.3, -0.25) is 0 Å². The number of rotatable bonds is 7. The number of aryl methyl sites for hydroxylation is 2. The molecule has 0 radical (unpaired) electrons. The van der Waals surface area contributed by atoms with Crippen molar-refractivity contribution < 1.29 is 23.7 Å². The van der Waals surface area contributed by atoms with E-state index in [1.165, 1.54) is 5.56 Å². The number of aliphatic hydroxyl groups is 1. The van der Waals surface area contributed by atoms with Gasteiger partial charge in [0.1, 0.15) is 12.2 Å². The minimum Gasteiger partial charge on any atom is -0.374 e. The number of aliphatic hydroxyl groups excluding tert-OH is 1. The topological polar surface area (TPSA) is 47.9 Å². The molecule has 5 heteroatoms. The molecule has 3 rings (SSSR count). The molecule has 0 spiro atoms. The lowest BCUT2D eigenvalue weighted by Crippen LogP contribution is -2.34. The van der Waals surface area contributed by atoms with Gasteiger partial charge in [-0.1, -0.05) is 59.7 Å². The molecule has 0 saturated carbocycles. The highest BCUT2D eigenvalue weighted by Gasteiger charge is 2.45. The van der Waals surface area contributed by atoms with Crippen LogP contribution in [0.25, 0.3) is 0 Å². The molecule has 2 aromatic carbocycles. The maximum Gasteiger partial charge on any atom is 0.189 e. The molecule has 140 valence electrons. The zero-order chi connectivity index (χ0) is 18.5. The second-order valence-electron chi connectivity index (χ2n) is 6.77. The molecule has 4 nitrogen and oxygen atoms in total. The standard InChI is InChI=1S/C21H25FO4/c1-14-3-7-16(8-4-14)11-24-13-18-20(19(22)21(23)26-18)25-12-17-9-5-15(2)6-10-17/h3-10,18-21,23H,11-13H2,1-2H3/t18-,19+,20-,21?/m1/s1. The molecule has 0 bridgehead atoms. The SMILES string of the molecule is Cc1ccc(COC[C@H]2OC(O)[C@@H](F)[C@@H]2OCc2ccc(C)cc2)cc1. The summed E-state index contributed by atoms with van der Waals surface area (Å²) in [5, 5.41) is 9.69. The van der Waals surface area contributed by atoms with Crippen molar-refractivity contribution in [3.8, 4) is 0 Å². The van der Waals surface area contributed by atoms with E-state index in [-0.39, 0.29) is 13.2 Å². The Morgan fingerprint density at radius 1 is 0.923 bits per heavy atom. The Kier molecular flexibility index (Phi) is 6.38. The third-order valence-electron chi connectivity index (χ3n) is 4.50. The van der Waals surface area contributed by atoms with Gasteiger partial charge in [-0.15, -0.1) is 0 Å². The van der Waals surface area contributed by atoms with Crippen LogP contribution in [0.2, 0.25) is 0 Å². The largest absolute Gasteiger partial charge is 0.374 e. The molecule has 1 aliphatic heterocycles. The number of alkyl halides is 1. The normalized spacial score (nSPS) is 25.5. The van der Waals surface area contributed by atoms with Crippen molar-refractivity contribution >= 4 is 0 Å². The van der Waals surface area contributed by atoms with E-state index in [2.05, 4.69) is 0 Å². The number of ether oxygens (including phenoxy) is 3. The molecule has 1 aliphatic rings. The van der Waals surface area contributed by atoms with Crippen LogP contribution in [0.1, 0.15) is 22.3 Å². The van der Waals surface area contributed by atoms with Crippen LogP contribution in [0.5, 0.6) is 0 Å². The molecular formula is C21H25FO4. The van der Waals surface area contributed by atoms with Crippen LogP contribution in [-0.2, 0) is 27.4 Å². The lowest BCUT2D eigenvalue weighted by molar-refractivity contribution is -0.129. The second kappa shape index (κ2) is 8.73. The van der Waals surface area contributed by atoms with Crippen molar-refractivity contribution in [1.29, 1.82) is 0 Å². The summed E-state index contributed by atoms with van der Waals surface area (Å²) in [6.45, 7) is 4.85. The molecule has 4 atom stereocenters. The van der Waals surface area contributed by atoms with Crippen molar-refractivity contribution in [3.05, 3.63) is 70.8 Å². The minimum atomic E-state index is -1.59. The Hall–Kier alpha value is -1.79. The van der Waals surface area contributed by atoms with Crippen LogP contribution < -0.4 is 0 Å². The van der Waals surface area contributed by atoms with Crippen LogP contribution in [-0.4, -0.2) is 36.4 Å². The van der Waals surface area contributed by atoms with Gasteiger partial charge in [0, 0.05) is 0 Å². The van der Waals surface area contributed by atoms with Gasteiger partial charge < -0.3 is 19.3 Å². The predicted molar refractivity (Wildman–Crippen MR) is 96.4 cm³/mol. The molecular weight excluding hydrogens is 335 g/mol. The van der Waals surface area contributed by atoms with Crippen molar-refractivity contribution in [3.63, 3.8) is 0 Å². The van der Waals surface area contributed by atoms with Gasteiger partial charge in [0.2, 0.25) is 0 Å². The van der Waals surface area contributed by atoms with Crippen molar-refractivity contribution in [2.75, 3.05) is 6.61 Å². The van der Waals surface area contributed by atoms with Gasteiger partial charge in [-0.25, -0.2) is 4.39 Å². The molecule has 1 saturated heterocycles. The zero-order valence-electron chi connectivity index (χ0n) is 15.1.